The van der Waals surface area contributed by atoms with Crippen LogP contribution in [0.3, 0.4) is 0 Å². The summed E-state index contributed by atoms with van der Waals surface area (Å²) in [5.74, 6) is -0.0194. The van der Waals surface area contributed by atoms with Gasteiger partial charge in [0, 0.05) is 26.7 Å². The molecule has 0 spiro atoms. The maximum absolute atomic E-state index is 11.8. The minimum absolute atomic E-state index is 0.0728. The van der Waals surface area contributed by atoms with Gasteiger partial charge < -0.3 is 4.90 Å². The fourth-order valence-electron chi connectivity index (χ4n) is 1.77. The molecule has 6 nitrogen and oxygen atoms in total. The Morgan fingerprint density at radius 2 is 2.00 bits per heavy atom. The summed E-state index contributed by atoms with van der Waals surface area (Å²) in [5.41, 5.74) is 0. The van der Waals surface area contributed by atoms with Gasteiger partial charge in [-0.05, 0) is 6.92 Å². The van der Waals surface area contributed by atoms with E-state index in [-0.39, 0.29) is 29.9 Å². The Hall–Kier alpha value is -1.13. The molecule has 1 unspecified atom stereocenters. The Morgan fingerprint density at radius 1 is 1.44 bits per heavy atom. The van der Waals surface area contributed by atoms with Gasteiger partial charge in [0.15, 0.2) is 9.84 Å². The minimum Gasteiger partial charge on any atom is -0.343 e. The van der Waals surface area contributed by atoms with Crippen LogP contribution < -0.4 is 0 Å². The quantitative estimate of drug-likeness (QED) is 0.679. The maximum Gasteiger partial charge on any atom is 0.236 e. The van der Waals surface area contributed by atoms with Crippen LogP contribution >= 0.6 is 0 Å². The van der Waals surface area contributed by atoms with Crippen molar-refractivity contribution in [3.63, 3.8) is 0 Å². The van der Waals surface area contributed by atoms with Gasteiger partial charge in [-0.15, -0.1) is 0 Å². The van der Waals surface area contributed by atoms with E-state index in [1.807, 2.05) is 4.90 Å². The number of sulfone groups is 1. The molecule has 1 aliphatic heterocycles. The second kappa shape index (κ2) is 6.16. The van der Waals surface area contributed by atoms with E-state index in [0.29, 0.717) is 19.6 Å². The molecule has 0 saturated carbocycles. The molecule has 0 aromatic carbocycles. The summed E-state index contributed by atoms with van der Waals surface area (Å²) < 4.78 is 22.5. The van der Waals surface area contributed by atoms with E-state index < -0.39 is 9.84 Å². The second-order valence-corrected chi connectivity index (χ2v) is 7.04. The SMILES string of the molecule is CC(C#N)CN(C)C(=O)CN1CCS(=O)(=O)CC1. The molecule has 1 aliphatic rings. The van der Waals surface area contributed by atoms with Crippen molar-refractivity contribution in [1.29, 1.82) is 5.26 Å². The molecule has 0 bridgehead atoms. The van der Waals surface area contributed by atoms with Crippen molar-refractivity contribution in [2.24, 2.45) is 5.92 Å². The average Bonchev–Trinajstić information content (AvgIpc) is 2.31. The van der Waals surface area contributed by atoms with E-state index in [0.717, 1.165) is 0 Å². The monoisotopic (exact) mass is 273 g/mol. The van der Waals surface area contributed by atoms with Crippen LogP contribution in [0, 0.1) is 17.2 Å². The second-order valence-electron chi connectivity index (χ2n) is 4.73. The molecule has 0 radical (unpaired) electrons. The summed E-state index contributed by atoms with van der Waals surface area (Å²) in [5, 5.41) is 8.68. The van der Waals surface area contributed by atoms with Gasteiger partial charge >= 0.3 is 0 Å². The van der Waals surface area contributed by atoms with Crippen LogP contribution in [0.4, 0.5) is 0 Å². The molecule has 1 saturated heterocycles. The Labute approximate surface area is 108 Å². The van der Waals surface area contributed by atoms with Crippen LogP contribution in [0.15, 0.2) is 0 Å². The Bertz CT molecular complexity index is 427. The van der Waals surface area contributed by atoms with Crippen molar-refractivity contribution >= 4 is 15.7 Å². The first kappa shape index (κ1) is 14.9. The van der Waals surface area contributed by atoms with Crippen molar-refractivity contribution in [1.82, 2.24) is 9.80 Å². The third-order valence-corrected chi connectivity index (χ3v) is 4.60. The zero-order valence-corrected chi connectivity index (χ0v) is 11.6. The first-order chi connectivity index (χ1) is 8.34. The summed E-state index contributed by atoms with van der Waals surface area (Å²) >= 11 is 0. The van der Waals surface area contributed by atoms with Gasteiger partial charge in [-0.25, -0.2) is 8.42 Å². The number of hydrogen-bond acceptors (Lipinski definition) is 5. The lowest BCUT2D eigenvalue weighted by atomic mass is 10.2. The molecule has 0 N–H and O–H groups in total. The highest BCUT2D eigenvalue weighted by atomic mass is 32.2. The lowest BCUT2D eigenvalue weighted by Gasteiger charge is -2.28. The number of nitrogens with zero attached hydrogens (tertiary/aromatic N) is 3. The first-order valence-corrected chi connectivity index (χ1v) is 7.72. The highest BCUT2D eigenvalue weighted by Crippen LogP contribution is 2.04. The molecule has 1 fully saturated rings. The summed E-state index contributed by atoms with van der Waals surface area (Å²) in [4.78, 5) is 15.2. The van der Waals surface area contributed by atoms with Crippen LogP contribution in [-0.2, 0) is 14.6 Å². The van der Waals surface area contributed by atoms with Crippen molar-refractivity contribution in [3.8, 4) is 6.07 Å². The summed E-state index contributed by atoms with van der Waals surface area (Å²) in [6, 6.07) is 2.08. The third kappa shape index (κ3) is 4.63. The van der Waals surface area contributed by atoms with E-state index in [9.17, 15) is 13.2 Å². The lowest BCUT2D eigenvalue weighted by molar-refractivity contribution is -0.131. The summed E-state index contributed by atoms with van der Waals surface area (Å²) in [6.07, 6.45) is 0. The van der Waals surface area contributed by atoms with E-state index in [1.165, 1.54) is 4.90 Å². The van der Waals surface area contributed by atoms with Gasteiger partial charge in [-0.1, -0.05) is 0 Å². The molecular weight excluding hydrogens is 254 g/mol. The van der Waals surface area contributed by atoms with E-state index in [1.54, 1.807) is 14.0 Å². The van der Waals surface area contributed by atoms with Crippen molar-refractivity contribution < 1.29 is 13.2 Å². The highest BCUT2D eigenvalue weighted by molar-refractivity contribution is 7.91. The Kier molecular flexibility index (Phi) is 5.11. The van der Waals surface area contributed by atoms with Gasteiger partial charge in [0.25, 0.3) is 0 Å². The van der Waals surface area contributed by atoms with Gasteiger partial charge in [0.05, 0.1) is 30.0 Å². The van der Waals surface area contributed by atoms with E-state index in [4.69, 9.17) is 5.26 Å². The third-order valence-electron chi connectivity index (χ3n) is 2.99. The zero-order valence-electron chi connectivity index (χ0n) is 10.8. The van der Waals surface area contributed by atoms with Gasteiger partial charge in [0.2, 0.25) is 5.91 Å². The molecule has 0 aliphatic carbocycles. The maximum atomic E-state index is 11.8. The molecule has 102 valence electrons. The van der Waals surface area contributed by atoms with Gasteiger partial charge in [0.1, 0.15) is 0 Å². The molecule has 1 atom stereocenters. The van der Waals surface area contributed by atoms with Crippen molar-refractivity contribution in [3.05, 3.63) is 0 Å². The van der Waals surface area contributed by atoms with Crippen molar-refractivity contribution in [2.75, 3.05) is 44.7 Å². The van der Waals surface area contributed by atoms with E-state index in [2.05, 4.69) is 6.07 Å². The minimum atomic E-state index is -2.90. The number of likely N-dealkylation sites (N-methyl/N-ethyl adjacent to an activating group) is 1. The number of rotatable bonds is 4. The van der Waals surface area contributed by atoms with Crippen LogP contribution in [0.25, 0.3) is 0 Å². The molecule has 1 rings (SSSR count). The number of carbonyl (C=O) groups excluding carboxylic acids is 1. The normalized spacial score (nSPS) is 20.9. The summed E-state index contributed by atoms with van der Waals surface area (Å²) in [6.45, 7) is 3.22. The predicted octanol–water partition coefficient (Wildman–Crippen LogP) is -0.665. The Balaban J connectivity index is 2.39. The average molecular weight is 273 g/mol. The smallest absolute Gasteiger partial charge is 0.236 e. The lowest BCUT2D eigenvalue weighted by Crippen LogP contribution is -2.46. The predicted molar refractivity (Wildman–Crippen MR) is 67.5 cm³/mol. The fraction of sp³-hybridized carbons (Fsp3) is 0.818. The van der Waals surface area contributed by atoms with Crippen LogP contribution in [0.5, 0.6) is 0 Å². The molecule has 7 heteroatoms. The van der Waals surface area contributed by atoms with Gasteiger partial charge in [-0.3, -0.25) is 9.69 Å². The molecule has 0 aromatic rings. The molecule has 1 heterocycles. The molecule has 1 amide bonds. The first-order valence-electron chi connectivity index (χ1n) is 5.90. The number of hydrogen-bond donors (Lipinski definition) is 0. The standard InChI is InChI=1S/C11H19N3O3S/c1-10(7-12)8-13(2)11(15)9-14-3-5-18(16,17)6-4-14/h10H,3-6,8-9H2,1-2H3. The van der Waals surface area contributed by atoms with Crippen LogP contribution in [0.2, 0.25) is 0 Å². The highest BCUT2D eigenvalue weighted by Gasteiger charge is 2.24. The topological polar surface area (TPSA) is 81.5 Å². The molecular formula is C11H19N3O3S. The number of carbonyl (C=O) groups is 1. The zero-order chi connectivity index (χ0) is 13.8. The summed E-state index contributed by atoms with van der Waals surface area (Å²) in [7, 11) is -1.24. The number of nitriles is 1. The number of amides is 1. The van der Waals surface area contributed by atoms with E-state index >= 15 is 0 Å². The molecule has 0 aromatic heterocycles. The van der Waals surface area contributed by atoms with Crippen LogP contribution in [-0.4, -0.2) is 68.9 Å². The van der Waals surface area contributed by atoms with Crippen LogP contribution in [0.1, 0.15) is 6.92 Å². The largest absolute Gasteiger partial charge is 0.343 e. The van der Waals surface area contributed by atoms with Gasteiger partial charge in [-0.2, -0.15) is 5.26 Å². The fourth-order valence-corrected chi connectivity index (χ4v) is 3.05. The Morgan fingerprint density at radius 3 is 2.50 bits per heavy atom. The molecule has 18 heavy (non-hydrogen) atoms. The van der Waals surface area contributed by atoms with Crippen molar-refractivity contribution in [2.45, 2.75) is 6.92 Å².